The lowest BCUT2D eigenvalue weighted by atomic mass is 9.71. The van der Waals surface area contributed by atoms with Gasteiger partial charge in [0.2, 0.25) is 5.91 Å². The number of piperidine rings is 1. The van der Waals surface area contributed by atoms with Crippen LogP contribution in [0.2, 0.25) is 0 Å². The second-order valence-electron chi connectivity index (χ2n) is 10.6. The number of rotatable bonds is 12. The number of imidazole rings is 1. The predicted molar refractivity (Wildman–Crippen MR) is 142 cm³/mol. The van der Waals surface area contributed by atoms with Gasteiger partial charge < -0.3 is 30.4 Å². The van der Waals surface area contributed by atoms with E-state index in [9.17, 15) is 19.5 Å². The van der Waals surface area contributed by atoms with Crippen LogP contribution in [0.1, 0.15) is 56.7 Å². The minimum Gasteiger partial charge on any atom is -0.497 e. The maximum Gasteiger partial charge on any atom is 0.315 e. The zero-order valence-electron chi connectivity index (χ0n) is 22.2. The van der Waals surface area contributed by atoms with E-state index in [1.165, 1.54) is 0 Å². The van der Waals surface area contributed by atoms with E-state index < -0.39 is 23.5 Å². The van der Waals surface area contributed by atoms with Crippen molar-refractivity contribution >= 4 is 17.9 Å². The molecule has 1 aliphatic carbocycles. The first-order valence-corrected chi connectivity index (χ1v) is 13.5. The van der Waals surface area contributed by atoms with Crippen LogP contribution < -0.4 is 15.4 Å². The molecule has 0 radical (unpaired) electrons. The first kappa shape index (κ1) is 27.5. The number of nitrogens with one attached hydrogen (secondary N) is 3. The number of hydrogen-bond donors (Lipinski definition) is 4. The number of aromatic nitrogens is 2. The summed E-state index contributed by atoms with van der Waals surface area (Å²) in [6, 6.07) is 6.03. The number of carboxylic acids is 1. The summed E-state index contributed by atoms with van der Waals surface area (Å²) in [7, 11) is 1.60. The number of amides is 3. The van der Waals surface area contributed by atoms with Crippen LogP contribution in [-0.4, -0.2) is 70.2 Å². The Labute approximate surface area is 223 Å². The van der Waals surface area contributed by atoms with Gasteiger partial charge in [-0.25, -0.2) is 9.78 Å². The summed E-state index contributed by atoms with van der Waals surface area (Å²) in [4.78, 5) is 47.8. The molecule has 2 fully saturated rings. The standard InChI is InChI=1S/C28H39N5O5/c1-3-22-16-28(26(35)36,15-20-4-5-20)11-13-33(22)25(34)24(14-19-6-8-23(38-2)9-7-19)32-27(37)30-12-10-21-17-29-18-31-21/h6-9,17-18,20,22,24H,3-5,10-16H2,1-2H3,(H,29,31)(H,35,36)(H2,30,32,37). The van der Waals surface area contributed by atoms with Gasteiger partial charge in [-0.05, 0) is 49.3 Å². The number of carbonyl (C=O) groups is 3. The normalized spacial score (nSPS) is 21.9. The molecule has 206 valence electrons. The predicted octanol–water partition coefficient (Wildman–Crippen LogP) is 3.14. The van der Waals surface area contributed by atoms with Crippen molar-refractivity contribution < 1.29 is 24.2 Å². The van der Waals surface area contributed by atoms with Crippen LogP contribution >= 0.6 is 0 Å². The molecular formula is C28H39N5O5. The van der Waals surface area contributed by atoms with Gasteiger partial charge in [-0.3, -0.25) is 9.59 Å². The van der Waals surface area contributed by atoms with Crippen LogP contribution in [0.15, 0.2) is 36.8 Å². The largest absolute Gasteiger partial charge is 0.497 e. The van der Waals surface area contributed by atoms with Crippen LogP contribution in [0.4, 0.5) is 4.79 Å². The Hall–Kier alpha value is -3.56. The molecule has 10 heteroatoms. The fourth-order valence-electron chi connectivity index (χ4n) is 5.52. The summed E-state index contributed by atoms with van der Waals surface area (Å²) in [6.07, 6.45) is 8.63. The lowest BCUT2D eigenvalue weighted by Crippen LogP contribution is -2.58. The Morgan fingerprint density at radius 2 is 2.03 bits per heavy atom. The Morgan fingerprint density at radius 3 is 2.63 bits per heavy atom. The molecule has 38 heavy (non-hydrogen) atoms. The third-order valence-corrected chi connectivity index (χ3v) is 7.92. The molecule has 4 rings (SSSR count). The van der Waals surface area contributed by atoms with Gasteiger partial charge in [-0.15, -0.1) is 0 Å². The minimum atomic E-state index is -0.787. The Bertz CT molecular complexity index is 1090. The van der Waals surface area contributed by atoms with Gasteiger partial charge in [0.15, 0.2) is 0 Å². The van der Waals surface area contributed by atoms with Gasteiger partial charge in [0, 0.05) is 43.9 Å². The number of nitrogens with zero attached hydrogens (tertiary/aromatic N) is 2. The zero-order chi connectivity index (χ0) is 27.1. The highest BCUT2D eigenvalue weighted by atomic mass is 16.5. The molecule has 0 spiro atoms. The van der Waals surface area contributed by atoms with Gasteiger partial charge in [0.05, 0.1) is 18.9 Å². The van der Waals surface area contributed by atoms with Gasteiger partial charge in [0.1, 0.15) is 11.8 Å². The van der Waals surface area contributed by atoms with Crippen LogP contribution in [0.3, 0.4) is 0 Å². The van der Waals surface area contributed by atoms with Crippen molar-refractivity contribution in [3.63, 3.8) is 0 Å². The minimum absolute atomic E-state index is 0.179. The molecule has 3 atom stereocenters. The number of benzene rings is 1. The molecule has 3 unspecified atom stereocenters. The van der Waals surface area contributed by atoms with Gasteiger partial charge in [-0.1, -0.05) is 31.9 Å². The summed E-state index contributed by atoms with van der Waals surface area (Å²) in [5, 5.41) is 15.9. The smallest absolute Gasteiger partial charge is 0.315 e. The number of carbonyl (C=O) groups excluding carboxylic acids is 2. The van der Waals surface area contributed by atoms with E-state index in [1.807, 2.05) is 31.2 Å². The first-order valence-electron chi connectivity index (χ1n) is 13.5. The summed E-state index contributed by atoms with van der Waals surface area (Å²) < 4.78 is 5.25. The summed E-state index contributed by atoms with van der Waals surface area (Å²) in [5.41, 5.74) is 1.02. The fraction of sp³-hybridized carbons (Fsp3) is 0.571. The highest BCUT2D eigenvalue weighted by Crippen LogP contribution is 2.47. The molecule has 3 amide bonds. The fourth-order valence-corrected chi connectivity index (χ4v) is 5.52. The number of aromatic amines is 1. The van der Waals surface area contributed by atoms with Crippen molar-refractivity contribution in [2.45, 2.75) is 70.4 Å². The van der Waals surface area contributed by atoms with Crippen molar-refractivity contribution in [1.82, 2.24) is 25.5 Å². The Balaban J connectivity index is 1.46. The number of carboxylic acid groups (broad SMARTS) is 1. The van der Waals surface area contributed by atoms with Gasteiger partial charge >= 0.3 is 12.0 Å². The number of urea groups is 1. The van der Waals surface area contributed by atoms with Crippen LogP contribution in [0.25, 0.3) is 0 Å². The van der Waals surface area contributed by atoms with Crippen molar-refractivity contribution in [3.8, 4) is 5.75 Å². The molecule has 0 bridgehead atoms. The number of hydrogen-bond acceptors (Lipinski definition) is 5. The lowest BCUT2D eigenvalue weighted by molar-refractivity contribution is -0.158. The van der Waals surface area contributed by atoms with Crippen LogP contribution in [-0.2, 0) is 22.4 Å². The van der Waals surface area contributed by atoms with Gasteiger partial charge in [0.25, 0.3) is 0 Å². The molecule has 2 aliphatic rings. The molecule has 1 saturated carbocycles. The first-order chi connectivity index (χ1) is 18.3. The van der Waals surface area contributed by atoms with Crippen molar-refractivity contribution in [3.05, 3.63) is 48.0 Å². The lowest BCUT2D eigenvalue weighted by Gasteiger charge is -2.45. The van der Waals surface area contributed by atoms with E-state index in [0.717, 1.165) is 24.1 Å². The van der Waals surface area contributed by atoms with Crippen molar-refractivity contribution in [2.75, 3.05) is 20.2 Å². The SMILES string of the molecule is CCC1CC(CC2CC2)(C(=O)O)CCN1C(=O)C(Cc1ccc(OC)cc1)NC(=O)NCCc1cnc[nH]1. The van der Waals surface area contributed by atoms with Gasteiger partial charge in [-0.2, -0.15) is 0 Å². The third kappa shape index (κ3) is 6.85. The Morgan fingerprint density at radius 1 is 1.26 bits per heavy atom. The second kappa shape index (κ2) is 12.3. The average molecular weight is 526 g/mol. The molecule has 4 N–H and O–H groups in total. The second-order valence-corrected chi connectivity index (χ2v) is 10.6. The maximum atomic E-state index is 13.9. The average Bonchev–Trinajstić information content (AvgIpc) is 3.58. The van der Waals surface area contributed by atoms with E-state index in [-0.39, 0.29) is 11.9 Å². The molecule has 1 aliphatic heterocycles. The summed E-state index contributed by atoms with van der Waals surface area (Å²) >= 11 is 0. The monoisotopic (exact) mass is 525 g/mol. The zero-order valence-corrected chi connectivity index (χ0v) is 22.2. The maximum absolute atomic E-state index is 13.9. The quantitative estimate of drug-likeness (QED) is 0.336. The number of H-pyrrole nitrogens is 1. The van der Waals surface area contributed by atoms with E-state index >= 15 is 0 Å². The van der Waals surface area contributed by atoms with Crippen molar-refractivity contribution in [2.24, 2.45) is 11.3 Å². The summed E-state index contributed by atoms with van der Waals surface area (Å²) in [5.74, 6) is 0.269. The highest BCUT2D eigenvalue weighted by molar-refractivity contribution is 5.88. The van der Waals surface area contributed by atoms with Crippen LogP contribution in [0, 0.1) is 11.3 Å². The van der Waals surface area contributed by atoms with E-state index in [4.69, 9.17) is 4.74 Å². The molecule has 2 heterocycles. The van der Waals surface area contributed by atoms with Crippen LogP contribution in [0.5, 0.6) is 5.75 Å². The number of aliphatic carboxylic acids is 1. The van der Waals surface area contributed by atoms with E-state index in [1.54, 1.807) is 24.5 Å². The van der Waals surface area contributed by atoms with Crippen molar-refractivity contribution in [1.29, 1.82) is 0 Å². The Kier molecular flexibility index (Phi) is 8.91. The molecule has 10 nitrogen and oxygen atoms in total. The molecule has 2 aromatic rings. The third-order valence-electron chi connectivity index (χ3n) is 7.92. The van der Waals surface area contributed by atoms with E-state index in [0.29, 0.717) is 63.3 Å². The molecular weight excluding hydrogens is 486 g/mol. The number of methoxy groups -OCH3 is 1. The molecule has 1 aromatic carbocycles. The summed E-state index contributed by atoms with van der Waals surface area (Å²) in [6.45, 7) is 2.76. The molecule has 1 aromatic heterocycles. The molecule has 1 saturated heterocycles. The number of ether oxygens (including phenoxy) is 1. The van der Waals surface area contributed by atoms with E-state index in [2.05, 4.69) is 20.6 Å². The number of likely N-dealkylation sites (tertiary alicyclic amines) is 1. The topological polar surface area (TPSA) is 137 Å². The highest BCUT2D eigenvalue weighted by Gasteiger charge is 2.49.